The number of esters is 1. The second kappa shape index (κ2) is 14.3. The maximum absolute atomic E-state index is 13.7. The molecule has 0 saturated carbocycles. The number of halogens is 3. The summed E-state index contributed by atoms with van der Waals surface area (Å²) in [6.45, 7) is 0.158. The lowest BCUT2D eigenvalue weighted by Crippen LogP contribution is -2.50. The second-order valence-electron chi connectivity index (χ2n) is 11.2. The van der Waals surface area contributed by atoms with Gasteiger partial charge in [-0.25, -0.2) is 14.6 Å². The summed E-state index contributed by atoms with van der Waals surface area (Å²) in [5, 5.41) is 0. The van der Waals surface area contributed by atoms with Crippen LogP contribution < -0.4 is 4.74 Å². The predicted octanol–water partition coefficient (Wildman–Crippen LogP) is 8.85. The van der Waals surface area contributed by atoms with Gasteiger partial charge in [0, 0.05) is 18.0 Å². The molecule has 2 heterocycles. The molecule has 0 radical (unpaired) electrons. The topological polar surface area (TPSA) is 78.0 Å². The number of thiazole rings is 1. The minimum absolute atomic E-state index is 0.0565. The fourth-order valence-corrected chi connectivity index (χ4v) is 6.41. The van der Waals surface area contributed by atoms with Crippen LogP contribution in [0.1, 0.15) is 52.4 Å². The highest BCUT2D eigenvalue weighted by Crippen LogP contribution is 2.37. The first-order valence-corrected chi connectivity index (χ1v) is 16.0. The van der Waals surface area contributed by atoms with Crippen LogP contribution in [0.3, 0.4) is 0 Å². The van der Waals surface area contributed by atoms with Gasteiger partial charge in [0.15, 0.2) is 0 Å². The summed E-state index contributed by atoms with van der Waals surface area (Å²) in [5.41, 5.74) is 3.65. The fraction of sp³-hybridized carbons (Fsp3) is 0.250. The van der Waals surface area contributed by atoms with Gasteiger partial charge in [0.1, 0.15) is 24.6 Å². The maximum atomic E-state index is 13.7. The number of ether oxygens (including phenoxy) is 3. The number of hydrogen-bond acceptors (Lipinski definition) is 7. The number of amides is 1. The summed E-state index contributed by atoms with van der Waals surface area (Å²) in [6.07, 6.45) is -5.05. The zero-order valence-electron chi connectivity index (χ0n) is 25.1. The van der Waals surface area contributed by atoms with Crippen LogP contribution in [0.2, 0.25) is 0 Å². The molecule has 4 aromatic carbocycles. The van der Waals surface area contributed by atoms with E-state index in [1.807, 2.05) is 54.6 Å². The van der Waals surface area contributed by atoms with E-state index < -0.39 is 42.1 Å². The van der Waals surface area contributed by atoms with Gasteiger partial charge in [-0.3, -0.25) is 0 Å². The standard InChI is InChI=1S/C36H31F3N2O5S/c37-36(38,39)26-14-17-28(18-15-26)45-31(30-12-7-13-32-33(30)40-23-47-32)20-27-16-19-29(46-34(42)25-10-5-2-6-11-25)21-41(27)35(43)44-22-24-8-3-1-4-9-24/h1-15,17-18,23,27,29,31H,16,19-22H2. The van der Waals surface area contributed by atoms with Crippen molar-refractivity contribution in [1.82, 2.24) is 9.88 Å². The monoisotopic (exact) mass is 660 g/mol. The average molecular weight is 661 g/mol. The number of carbonyl (C=O) groups is 2. The van der Waals surface area contributed by atoms with Crippen LogP contribution in [-0.4, -0.2) is 40.6 Å². The first-order valence-electron chi connectivity index (χ1n) is 15.1. The first kappa shape index (κ1) is 32.1. The van der Waals surface area contributed by atoms with E-state index in [-0.39, 0.29) is 25.3 Å². The summed E-state index contributed by atoms with van der Waals surface area (Å²) >= 11 is 1.47. The molecule has 1 fully saturated rings. The highest BCUT2D eigenvalue weighted by Gasteiger charge is 2.37. The number of para-hydroxylation sites is 1. The first-order chi connectivity index (χ1) is 22.7. The smallest absolute Gasteiger partial charge is 0.416 e. The van der Waals surface area contributed by atoms with E-state index in [1.54, 1.807) is 34.7 Å². The van der Waals surface area contributed by atoms with Crippen LogP contribution in [0.15, 0.2) is 109 Å². The Morgan fingerprint density at radius 2 is 1.62 bits per heavy atom. The number of piperidine rings is 1. The zero-order valence-corrected chi connectivity index (χ0v) is 26.0. The quantitative estimate of drug-likeness (QED) is 0.147. The number of fused-ring (bicyclic) bond motifs is 1. The normalized spacial score (nSPS) is 17.2. The Hall–Kier alpha value is -4.90. The molecule has 1 aliphatic heterocycles. The molecule has 1 aliphatic rings. The number of benzene rings is 4. The van der Waals surface area contributed by atoms with Gasteiger partial charge in [0.2, 0.25) is 0 Å². The number of nitrogens with zero attached hydrogens (tertiary/aromatic N) is 2. The molecule has 6 rings (SSSR count). The van der Waals surface area contributed by atoms with Crippen molar-refractivity contribution in [2.45, 2.75) is 50.3 Å². The largest absolute Gasteiger partial charge is 0.486 e. The molecule has 1 saturated heterocycles. The number of hydrogen-bond donors (Lipinski definition) is 0. The molecule has 0 aliphatic carbocycles. The van der Waals surface area contributed by atoms with Crippen molar-refractivity contribution in [1.29, 1.82) is 0 Å². The van der Waals surface area contributed by atoms with E-state index in [0.717, 1.165) is 33.5 Å². The van der Waals surface area contributed by atoms with Crippen molar-refractivity contribution in [3.63, 3.8) is 0 Å². The summed E-state index contributed by atoms with van der Waals surface area (Å²) < 4.78 is 58.7. The molecule has 0 bridgehead atoms. The van der Waals surface area contributed by atoms with Gasteiger partial charge in [-0.15, -0.1) is 11.3 Å². The molecule has 3 unspecified atom stereocenters. The van der Waals surface area contributed by atoms with Crippen LogP contribution in [0.4, 0.5) is 18.0 Å². The summed E-state index contributed by atoms with van der Waals surface area (Å²) in [6, 6.07) is 27.8. The van der Waals surface area contributed by atoms with Crippen molar-refractivity contribution in [3.05, 3.63) is 131 Å². The van der Waals surface area contributed by atoms with Gasteiger partial charge in [0.05, 0.1) is 33.4 Å². The van der Waals surface area contributed by atoms with E-state index >= 15 is 0 Å². The number of carbonyl (C=O) groups excluding carboxylic acids is 2. The van der Waals surface area contributed by atoms with Gasteiger partial charge in [-0.2, -0.15) is 13.2 Å². The fourth-order valence-electron chi connectivity index (χ4n) is 5.70. The Kier molecular flexibility index (Phi) is 9.72. The summed E-state index contributed by atoms with van der Waals surface area (Å²) in [4.78, 5) is 32.7. The van der Waals surface area contributed by atoms with Crippen LogP contribution in [0, 0.1) is 0 Å². The molecule has 0 N–H and O–H groups in total. The summed E-state index contributed by atoms with van der Waals surface area (Å²) in [5.74, 6) is -0.232. The van der Waals surface area contributed by atoms with Gasteiger partial charge in [0.25, 0.3) is 0 Å². The number of rotatable bonds is 9. The van der Waals surface area contributed by atoms with Crippen molar-refractivity contribution in [3.8, 4) is 5.75 Å². The van der Waals surface area contributed by atoms with Crippen molar-refractivity contribution in [2.24, 2.45) is 0 Å². The molecule has 7 nitrogen and oxygen atoms in total. The lowest BCUT2D eigenvalue weighted by Gasteiger charge is -2.40. The number of likely N-dealkylation sites (tertiary alicyclic amines) is 1. The molecule has 47 heavy (non-hydrogen) atoms. The maximum Gasteiger partial charge on any atom is 0.416 e. The summed E-state index contributed by atoms with van der Waals surface area (Å²) in [7, 11) is 0. The lowest BCUT2D eigenvalue weighted by molar-refractivity contribution is -0.137. The van der Waals surface area contributed by atoms with Gasteiger partial charge in [-0.05, 0) is 60.9 Å². The molecule has 1 amide bonds. The Labute approximate surface area is 273 Å². The van der Waals surface area contributed by atoms with Crippen LogP contribution in [0.25, 0.3) is 10.2 Å². The molecule has 11 heteroatoms. The Bertz CT molecular complexity index is 1800. The molecular formula is C36H31F3N2O5S. The Morgan fingerprint density at radius 3 is 2.34 bits per heavy atom. The van der Waals surface area contributed by atoms with Crippen molar-refractivity contribution >= 4 is 33.6 Å². The Balaban J connectivity index is 1.26. The number of aromatic nitrogens is 1. The minimum Gasteiger partial charge on any atom is -0.486 e. The highest BCUT2D eigenvalue weighted by atomic mass is 32.1. The van der Waals surface area contributed by atoms with Gasteiger partial charge < -0.3 is 19.1 Å². The molecule has 0 spiro atoms. The zero-order chi connectivity index (χ0) is 32.8. The third-order valence-electron chi connectivity index (χ3n) is 8.07. The van der Waals surface area contributed by atoms with Crippen molar-refractivity contribution < 1.29 is 37.0 Å². The average Bonchev–Trinajstić information content (AvgIpc) is 3.58. The highest BCUT2D eigenvalue weighted by molar-refractivity contribution is 7.16. The van der Waals surface area contributed by atoms with E-state index in [4.69, 9.17) is 14.2 Å². The minimum atomic E-state index is -4.48. The Morgan fingerprint density at radius 1 is 0.894 bits per heavy atom. The van der Waals surface area contributed by atoms with E-state index in [9.17, 15) is 22.8 Å². The molecule has 1 aromatic heterocycles. The third kappa shape index (κ3) is 7.91. The van der Waals surface area contributed by atoms with Crippen molar-refractivity contribution in [2.75, 3.05) is 6.54 Å². The predicted molar refractivity (Wildman–Crippen MR) is 171 cm³/mol. The van der Waals surface area contributed by atoms with E-state index in [1.165, 1.54) is 23.5 Å². The van der Waals surface area contributed by atoms with Crippen LogP contribution in [0.5, 0.6) is 5.75 Å². The van der Waals surface area contributed by atoms with E-state index in [2.05, 4.69) is 4.98 Å². The lowest BCUT2D eigenvalue weighted by atomic mass is 9.92. The SMILES string of the molecule is O=C(OC1CCC(CC(Oc2ccc(C(F)(F)F)cc2)c2cccc3scnc23)N(C(=O)OCc2ccccc2)C1)c1ccccc1. The van der Waals surface area contributed by atoms with Gasteiger partial charge >= 0.3 is 18.2 Å². The molecular weight excluding hydrogens is 629 g/mol. The van der Waals surface area contributed by atoms with E-state index in [0.29, 0.717) is 18.4 Å². The second-order valence-corrected chi connectivity index (χ2v) is 12.1. The van der Waals surface area contributed by atoms with Crippen LogP contribution >= 0.6 is 11.3 Å². The van der Waals surface area contributed by atoms with Crippen LogP contribution in [-0.2, 0) is 22.3 Å². The number of alkyl halides is 3. The molecule has 242 valence electrons. The molecule has 5 aromatic rings. The third-order valence-corrected chi connectivity index (χ3v) is 8.86. The van der Waals surface area contributed by atoms with Gasteiger partial charge in [-0.1, -0.05) is 60.7 Å². The molecule has 3 atom stereocenters.